The van der Waals surface area contributed by atoms with Crippen LogP contribution in [0.25, 0.3) is 10.6 Å². The number of nitrogens with zero attached hydrogens (tertiary/aromatic N) is 2. The summed E-state index contributed by atoms with van der Waals surface area (Å²) in [5.74, 6) is 1.52. The maximum atomic E-state index is 5.69. The van der Waals surface area contributed by atoms with Crippen LogP contribution in [0.1, 0.15) is 0 Å². The first kappa shape index (κ1) is 9.08. The number of thiophene rings is 1. The molecule has 2 N–H and O–H groups in total. The molecule has 0 aliphatic rings. The summed E-state index contributed by atoms with van der Waals surface area (Å²) in [6.07, 6.45) is 0. The Balaban J connectivity index is 2.39. The molecule has 0 aromatic carbocycles. The number of aryl methyl sites for hydroxylation is 1. The van der Waals surface area contributed by atoms with Gasteiger partial charge in [-0.3, -0.25) is 4.68 Å². The number of ether oxygens (including phenoxy) is 1. The molecule has 0 fully saturated rings. The maximum Gasteiger partial charge on any atom is 0.130 e. The van der Waals surface area contributed by atoms with E-state index >= 15 is 0 Å². The lowest BCUT2D eigenvalue weighted by Gasteiger charge is -1.90. The molecule has 0 spiro atoms. The monoisotopic (exact) mass is 209 g/mol. The van der Waals surface area contributed by atoms with Crippen molar-refractivity contribution in [3.63, 3.8) is 0 Å². The average Bonchev–Trinajstić information content (AvgIpc) is 2.74. The molecule has 74 valence electrons. The van der Waals surface area contributed by atoms with E-state index in [1.54, 1.807) is 23.1 Å². The number of nitrogens with two attached hydrogens (primary N) is 1. The van der Waals surface area contributed by atoms with Crippen LogP contribution in [0.2, 0.25) is 0 Å². The van der Waals surface area contributed by atoms with Crippen LogP contribution in [0, 0.1) is 0 Å². The number of aromatic nitrogens is 2. The molecule has 0 saturated heterocycles. The lowest BCUT2D eigenvalue weighted by Crippen LogP contribution is -1.96. The molecule has 14 heavy (non-hydrogen) atoms. The van der Waals surface area contributed by atoms with Crippen molar-refractivity contribution in [3.05, 3.63) is 17.5 Å². The Hall–Kier alpha value is -1.49. The molecule has 2 rings (SSSR count). The SMILES string of the molecule is COc1csc(-c2cc(N)n(C)n2)c1. The maximum absolute atomic E-state index is 5.69. The summed E-state index contributed by atoms with van der Waals surface area (Å²) >= 11 is 1.59. The lowest BCUT2D eigenvalue weighted by atomic mass is 10.3. The normalized spacial score (nSPS) is 10.4. The van der Waals surface area contributed by atoms with E-state index in [1.165, 1.54) is 0 Å². The van der Waals surface area contributed by atoms with Gasteiger partial charge in [0, 0.05) is 24.6 Å². The molecule has 2 heterocycles. The van der Waals surface area contributed by atoms with Gasteiger partial charge < -0.3 is 10.5 Å². The fraction of sp³-hybridized carbons (Fsp3) is 0.222. The molecule has 0 aliphatic carbocycles. The van der Waals surface area contributed by atoms with E-state index in [4.69, 9.17) is 10.5 Å². The average molecular weight is 209 g/mol. The van der Waals surface area contributed by atoms with E-state index in [9.17, 15) is 0 Å². The van der Waals surface area contributed by atoms with Gasteiger partial charge in [-0.15, -0.1) is 11.3 Å². The van der Waals surface area contributed by atoms with E-state index in [2.05, 4.69) is 5.10 Å². The van der Waals surface area contributed by atoms with Gasteiger partial charge in [-0.1, -0.05) is 0 Å². The fourth-order valence-corrected chi connectivity index (χ4v) is 1.97. The van der Waals surface area contributed by atoms with E-state index in [-0.39, 0.29) is 0 Å². The molecule has 0 bridgehead atoms. The first-order chi connectivity index (χ1) is 6.70. The summed E-state index contributed by atoms with van der Waals surface area (Å²) in [7, 11) is 3.47. The fourth-order valence-electron chi connectivity index (χ4n) is 1.16. The van der Waals surface area contributed by atoms with Crippen molar-refractivity contribution in [3.8, 4) is 16.3 Å². The Morgan fingerprint density at radius 2 is 2.29 bits per heavy atom. The molecule has 0 unspecified atom stereocenters. The third-order valence-electron chi connectivity index (χ3n) is 1.98. The second-order valence-corrected chi connectivity index (χ2v) is 3.84. The van der Waals surface area contributed by atoms with Crippen LogP contribution in [0.3, 0.4) is 0 Å². The highest BCUT2D eigenvalue weighted by Gasteiger charge is 2.07. The van der Waals surface area contributed by atoms with Gasteiger partial charge in [0.15, 0.2) is 0 Å². The van der Waals surface area contributed by atoms with Crippen LogP contribution < -0.4 is 10.5 Å². The zero-order chi connectivity index (χ0) is 10.1. The van der Waals surface area contributed by atoms with Gasteiger partial charge in [0.2, 0.25) is 0 Å². The third kappa shape index (κ3) is 1.46. The molecule has 2 aromatic rings. The minimum Gasteiger partial charge on any atom is -0.496 e. The first-order valence-electron chi connectivity index (χ1n) is 4.13. The summed E-state index contributed by atoms with van der Waals surface area (Å²) in [5, 5.41) is 6.22. The molecule has 2 aromatic heterocycles. The van der Waals surface area contributed by atoms with Gasteiger partial charge in [0.1, 0.15) is 17.3 Å². The quantitative estimate of drug-likeness (QED) is 0.819. The van der Waals surface area contributed by atoms with E-state index in [0.29, 0.717) is 5.82 Å². The number of hydrogen-bond acceptors (Lipinski definition) is 4. The van der Waals surface area contributed by atoms with Crippen molar-refractivity contribution < 1.29 is 4.74 Å². The Morgan fingerprint density at radius 1 is 1.50 bits per heavy atom. The summed E-state index contributed by atoms with van der Waals surface area (Å²) in [6.45, 7) is 0. The van der Waals surface area contributed by atoms with Gasteiger partial charge in [-0.05, 0) is 0 Å². The summed E-state index contributed by atoms with van der Waals surface area (Å²) < 4.78 is 6.75. The van der Waals surface area contributed by atoms with Gasteiger partial charge >= 0.3 is 0 Å². The minimum atomic E-state index is 0.660. The van der Waals surface area contributed by atoms with Gasteiger partial charge in [-0.2, -0.15) is 5.10 Å². The minimum absolute atomic E-state index is 0.660. The number of nitrogen functional groups attached to an aromatic ring is 1. The molecule has 4 nitrogen and oxygen atoms in total. The topological polar surface area (TPSA) is 53.1 Å². The van der Waals surface area contributed by atoms with E-state index < -0.39 is 0 Å². The number of rotatable bonds is 2. The Morgan fingerprint density at radius 3 is 2.79 bits per heavy atom. The van der Waals surface area contributed by atoms with Gasteiger partial charge in [-0.25, -0.2) is 0 Å². The zero-order valence-electron chi connectivity index (χ0n) is 8.02. The largest absolute Gasteiger partial charge is 0.496 e. The van der Waals surface area contributed by atoms with Crippen LogP contribution >= 0.6 is 11.3 Å². The van der Waals surface area contributed by atoms with Gasteiger partial charge in [0.25, 0.3) is 0 Å². The molecule has 0 amide bonds. The molecular formula is C9H11N3OS. The molecule has 0 radical (unpaired) electrons. The van der Waals surface area contributed by atoms with Crippen molar-refractivity contribution >= 4 is 17.2 Å². The van der Waals surface area contributed by atoms with Crippen molar-refractivity contribution in [1.82, 2.24) is 9.78 Å². The summed E-state index contributed by atoms with van der Waals surface area (Å²) in [4.78, 5) is 1.06. The Labute approximate surface area is 85.9 Å². The Kier molecular flexibility index (Phi) is 2.17. The van der Waals surface area contributed by atoms with E-state index in [1.807, 2.05) is 24.6 Å². The highest BCUT2D eigenvalue weighted by Crippen LogP contribution is 2.30. The predicted octanol–water partition coefficient (Wildman–Crippen LogP) is 1.74. The Bertz CT molecular complexity index is 427. The second-order valence-electron chi connectivity index (χ2n) is 2.93. The van der Waals surface area contributed by atoms with Crippen molar-refractivity contribution in [2.45, 2.75) is 0 Å². The van der Waals surface area contributed by atoms with Crippen molar-refractivity contribution in [2.75, 3.05) is 12.8 Å². The van der Waals surface area contributed by atoms with Crippen LogP contribution in [-0.2, 0) is 7.05 Å². The molecule has 5 heteroatoms. The molecular weight excluding hydrogens is 198 g/mol. The second kappa shape index (κ2) is 3.34. The van der Waals surface area contributed by atoms with Gasteiger partial charge in [0.05, 0.1) is 12.0 Å². The van der Waals surface area contributed by atoms with Crippen molar-refractivity contribution in [1.29, 1.82) is 0 Å². The highest BCUT2D eigenvalue weighted by atomic mass is 32.1. The zero-order valence-corrected chi connectivity index (χ0v) is 8.84. The first-order valence-corrected chi connectivity index (χ1v) is 5.01. The molecule has 0 saturated carbocycles. The standard InChI is InChI=1S/C9H11N3OS/c1-12-9(10)4-7(11-12)8-3-6(13-2)5-14-8/h3-5H,10H2,1-2H3. The van der Waals surface area contributed by atoms with Crippen LogP contribution in [0.15, 0.2) is 17.5 Å². The number of hydrogen-bond donors (Lipinski definition) is 1. The highest BCUT2D eigenvalue weighted by molar-refractivity contribution is 7.13. The van der Waals surface area contributed by atoms with Crippen LogP contribution in [0.5, 0.6) is 5.75 Å². The van der Waals surface area contributed by atoms with Crippen LogP contribution in [0.4, 0.5) is 5.82 Å². The smallest absolute Gasteiger partial charge is 0.130 e. The van der Waals surface area contributed by atoms with Crippen molar-refractivity contribution in [2.24, 2.45) is 7.05 Å². The lowest BCUT2D eigenvalue weighted by molar-refractivity contribution is 0.417. The summed E-state index contributed by atoms with van der Waals surface area (Å²) in [5.41, 5.74) is 6.58. The molecule has 0 aliphatic heterocycles. The van der Waals surface area contributed by atoms with Crippen LogP contribution in [-0.4, -0.2) is 16.9 Å². The van der Waals surface area contributed by atoms with E-state index in [0.717, 1.165) is 16.3 Å². The predicted molar refractivity (Wildman–Crippen MR) is 57.5 cm³/mol. The third-order valence-corrected chi connectivity index (χ3v) is 2.91. The number of methoxy groups -OCH3 is 1. The molecule has 0 atom stereocenters. The summed E-state index contributed by atoms with van der Waals surface area (Å²) in [6, 6.07) is 3.80. The number of anilines is 1.